The van der Waals surface area contributed by atoms with Gasteiger partial charge >= 0.3 is 0 Å². The largest absolute Gasteiger partial charge is 0.380 e. The molecule has 2 rings (SSSR count). The van der Waals surface area contributed by atoms with Crippen LogP contribution < -0.4 is 0 Å². The molecule has 1 saturated heterocycles. The highest BCUT2D eigenvalue weighted by molar-refractivity contribution is 9.10. The standard InChI is InChI=1S/C13H16BrCl2NO3S/c1-8-3-4-17(7-12(8)20-2)21(18,19)13-10(15)5-9(14)6-11(13)16/h5-6,8,12H,3-4,7H2,1-2H3. The topological polar surface area (TPSA) is 46.6 Å². The van der Waals surface area contributed by atoms with Gasteiger partial charge in [0, 0.05) is 24.7 Å². The molecule has 0 saturated carbocycles. The van der Waals surface area contributed by atoms with E-state index in [1.54, 1.807) is 7.11 Å². The average Bonchev–Trinajstić information content (AvgIpc) is 2.37. The van der Waals surface area contributed by atoms with Gasteiger partial charge in [0.05, 0.1) is 16.1 Å². The lowest BCUT2D eigenvalue weighted by molar-refractivity contribution is 0.0184. The second-order valence-corrected chi connectivity index (χ2v) is 8.71. The second kappa shape index (κ2) is 6.72. The van der Waals surface area contributed by atoms with Crippen LogP contribution in [0.15, 0.2) is 21.5 Å². The van der Waals surface area contributed by atoms with Crippen LogP contribution in [0.5, 0.6) is 0 Å². The van der Waals surface area contributed by atoms with Crippen molar-refractivity contribution in [3.8, 4) is 0 Å². The number of methoxy groups -OCH3 is 1. The summed E-state index contributed by atoms with van der Waals surface area (Å²) in [5.74, 6) is 0.317. The summed E-state index contributed by atoms with van der Waals surface area (Å²) in [6.07, 6.45) is 0.616. The first-order valence-corrected chi connectivity index (χ1v) is 9.43. The van der Waals surface area contributed by atoms with Gasteiger partial charge in [0.15, 0.2) is 0 Å². The Balaban J connectivity index is 2.39. The maximum Gasteiger partial charge on any atom is 0.246 e. The fraction of sp³-hybridized carbons (Fsp3) is 0.538. The van der Waals surface area contributed by atoms with Crippen molar-refractivity contribution >= 4 is 49.2 Å². The molecule has 1 aromatic rings. The highest BCUT2D eigenvalue weighted by Crippen LogP contribution is 2.36. The van der Waals surface area contributed by atoms with Gasteiger partial charge in [0.25, 0.3) is 0 Å². The van der Waals surface area contributed by atoms with Crippen LogP contribution >= 0.6 is 39.1 Å². The molecule has 1 aromatic carbocycles. The van der Waals surface area contributed by atoms with Crippen molar-refractivity contribution in [2.75, 3.05) is 20.2 Å². The van der Waals surface area contributed by atoms with Gasteiger partial charge in [-0.25, -0.2) is 8.42 Å². The summed E-state index contributed by atoms with van der Waals surface area (Å²) in [4.78, 5) is -0.0431. The highest BCUT2D eigenvalue weighted by Gasteiger charge is 2.36. The van der Waals surface area contributed by atoms with E-state index in [0.717, 1.165) is 6.42 Å². The third kappa shape index (κ3) is 3.57. The van der Waals surface area contributed by atoms with E-state index in [4.69, 9.17) is 27.9 Å². The first kappa shape index (κ1) is 17.5. The van der Waals surface area contributed by atoms with Crippen LogP contribution in [0.3, 0.4) is 0 Å². The van der Waals surface area contributed by atoms with Gasteiger partial charge in [-0.1, -0.05) is 46.1 Å². The molecule has 0 bridgehead atoms. The first-order valence-electron chi connectivity index (χ1n) is 6.45. The lowest BCUT2D eigenvalue weighted by Gasteiger charge is -2.35. The number of sulfonamides is 1. The molecule has 8 heteroatoms. The van der Waals surface area contributed by atoms with Gasteiger partial charge in [-0.05, 0) is 24.5 Å². The van der Waals surface area contributed by atoms with Crippen LogP contribution in [0.1, 0.15) is 13.3 Å². The Kier molecular flexibility index (Phi) is 5.60. The quantitative estimate of drug-likeness (QED) is 0.752. The number of nitrogens with zero attached hydrogens (tertiary/aromatic N) is 1. The van der Waals surface area contributed by atoms with Crippen molar-refractivity contribution in [1.29, 1.82) is 0 Å². The zero-order valence-electron chi connectivity index (χ0n) is 11.6. The molecule has 0 aliphatic carbocycles. The number of hydrogen-bond donors (Lipinski definition) is 0. The maximum absolute atomic E-state index is 12.8. The minimum Gasteiger partial charge on any atom is -0.380 e. The smallest absolute Gasteiger partial charge is 0.246 e. The molecule has 2 atom stereocenters. The minimum absolute atomic E-state index is 0.0431. The summed E-state index contributed by atoms with van der Waals surface area (Å²) < 4.78 is 33.0. The molecule has 0 radical (unpaired) electrons. The number of benzene rings is 1. The molecular formula is C13H16BrCl2NO3S. The van der Waals surface area contributed by atoms with Crippen molar-refractivity contribution in [3.63, 3.8) is 0 Å². The van der Waals surface area contributed by atoms with E-state index in [0.29, 0.717) is 23.5 Å². The monoisotopic (exact) mass is 415 g/mol. The summed E-state index contributed by atoms with van der Waals surface area (Å²) in [6, 6.07) is 3.06. The zero-order valence-corrected chi connectivity index (χ0v) is 15.6. The Morgan fingerprint density at radius 2 is 1.90 bits per heavy atom. The summed E-state index contributed by atoms with van der Waals surface area (Å²) in [7, 11) is -2.14. The Morgan fingerprint density at radius 3 is 2.43 bits per heavy atom. The van der Waals surface area contributed by atoms with Gasteiger partial charge in [0.1, 0.15) is 4.90 Å². The Labute approximate surface area is 143 Å². The van der Waals surface area contributed by atoms with Crippen LogP contribution in [-0.4, -0.2) is 39.0 Å². The van der Waals surface area contributed by atoms with E-state index in [9.17, 15) is 8.42 Å². The third-order valence-electron chi connectivity index (χ3n) is 3.72. The Hall–Kier alpha value is 0.150. The summed E-state index contributed by atoms with van der Waals surface area (Å²) in [5.41, 5.74) is 0. The molecule has 0 aromatic heterocycles. The van der Waals surface area contributed by atoms with Crippen LogP contribution in [0.4, 0.5) is 0 Å². The normalized spacial score (nSPS) is 24.2. The number of hydrogen-bond acceptors (Lipinski definition) is 3. The summed E-state index contributed by atoms with van der Waals surface area (Å²) in [6.45, 7) is 2.80. The fourth-order valence-electron chi connectivity index (χ4n) is 2.44. The molecule has 1 aliphatic heterocycles. The van der Waals surface area contributed by atoms with Gasteiger partial charge in [-0.2, -0.15) is 4.31 Å². The van der Waals surface area contributed by atoms with Gasteiger partial charge in [0.2, 0.25) is 10.0 Å². The lowest BCUT2D eigenvalue weighted by atomic mass is 9.97. The lowest BCUT2D eigenvalue weighted by Crippen LogP contribution is -2.46. The van der Waals surface area contributed by atoms with Gasteiger partial charge in [-0.3, -0.25) is 0 Å². The molecule has 118 valence electrons. The third-order valence-corrected chi connectivity index (χ3v) is 6.96. The molecule has 0 N–H and O–H groups in total. The maximum atomic E-state index is 12.8. The molecule has 2 unspecified atom stereocenters. The van der Waals surface area contributed by atoms with E-state index in [-0.39, 0.29) is 21.0 Å². The van der Waals surface area contributed by atoms with E-state index in [1.165, 1.54) is 16.4 Å². The molecule has 0 spiro atoms. The van der Waals surface area contributed by atoms with Crippen LogP contribution in [-0.2, 0) is 14.8 Å². The average molecular weight is 417 g/mol. The van der Waals surface area contributed by atoms with E-state index >= 15 is 0 Å². The molecular weight excluding hydrogens is 401 g/mol. The molecule has 4 nitrogen and oxygen atoms in total. The van der Waals surface area contributed by atoms with E-state index < -0.39 is 10.0 Å². The zero-order chi connectivity index (χ0) is 15.8. The van der Waals surface area contributed by atoms with Crippen LogP contribution in [0.2, 0.25) is 10.0 Å². The predicted molar refractivity (Wildman–Crippen MR) is 87.5 cm³/mol. The molecule has 0 amide bonds. The molecule has 1 fully saturated rings. The van der Waals surface area contributed by atoms with E-state index in [2.05, 4.69) is 22.9 Å². The molecule has 21 heavy (non-hydrogen) atoms. The summed E-state index contributed by atoms with van der Waals surface area (Å²) >= 11 is 15.4. The van der Waals surface area contributed by atoms with Crippen molar-refractivity contribution in [2.45, 2.75) is 24.3 Å². The molecule has 1 heterocycles. The Bertz CT molecular complexity index is 615. The number of piperidine rings is 1. The van der Waals surface area contributed by atoms with E-state index in [1.807, 2.05) is 0 Å². The second-order valence-electron chi connectivity index (χ2n) is 5.10. The van der Waals surface area contributed by atoms with Crippen molar-refractivity contribution in [2.24, 2.45) is 5.92 Å². The highest BCUT2D eigenvalue weighted by atomic mass is 79.9. The SMILES string of the molecule is COC1CN(S(=O)(=O)c2c(Cl)cc(Br)cc2Cl)CCC1C. The van der Waals surface area contributed by atoms with Crippen molar-refractivity contribution < 1.29 is 13.2 Å². The molecule has 1 aliphatic rings. The summed E-state index contributed by atoms with van der Waals surface area (Å²) in [5, 5.41) is 0.226. The fourth-order valence-corrected chi connectivity index (χ4v) is 5.79. The van der Waals surface area contributed by atoms with Crippen LogP contribution in [0.25, 0.3) is 0 Å². The predicted octanol–water partition coefficient (Wildman–Crippen LogP) is 3.80. The first-order chi connectivity index (χ1) is 9.77. The van der Waals surface area contributed by atoms with Crippen molar-refractivity contribution in [3.05, 3.63) is 26.7 Å². The van der Waals surface area contributed by atoms with Crippen molar-refractivity contribution in [1.82, 2.24) is 4.31 Å². The van der Waals surface area contributed by atoms with Gasteiger partial charge in [-0.15, -0.1) is 0 Å². The number of halogens is 3. The van der Waals surface area contributed by atoms with Gasteiger partial charge < -0.3 is 4.74 Å². The number of rotatable bonds is 3. The minimum atomic E-state index is -3.74. The number of ether oxygens (including phenoxy) is 1. The Morgan fingerprint density at radius 1 is 1.33 bits per heavy atom. The van der Waals surface area contributed by atoms with Crippen LogP contribution in [0, 0.1) is 5.92 Å².